The van der Waals surface area contributed by atoms with Crippen LogP contribution in [0, 0.1) is 11.3 Å². The third-order valence-electron chi connectivity index (χ3n) is 3.91. The third-order valence-corrected chi connectivity index (χ3v) is 3.91. The number of carbonyl (C=O) groups is 1. The van der Waals surface area contributed by atoms with Crippen LogP contribution in [0.2, 0.25) is 0 Å². The topological polar surface area (TPSA) is 91.1 Å². The van der Waals surface area contributed by atoms with Gasteiger partial charge in [-0.1, -0.05) is 18.2 Å². The SMILES string of the molecule is CC(C)(C)OC(=O)N1Cc2ccc(CNc3nccnc3C#N)cc2C1. The Morgan fingerprint density at radius 3 is 2.73 bits per heavy atom. The van der Waals surface area contributed by atoms with Crippen molar-refractivity contribution in [2.45, 2.75) is 46.0 Å². The summed E-state index contributed by atoms with van der Waals surface area (Å²) in [6.07, 6.45) is 2.74. The van der Waals surface area contributed by atoms with E-state index in [2.05, 4.69) is 21.4 Å². The number of amides is 1. The standard InChI is InChI=1S/C19H21N5O2/c1-19(2,3)26-18(25)24-11-14-5-4-13(8-15(14)12-24)10-23-17-16(9-20)21-6-7-22-17/h4-8H,10-12H2,1-3H3,(H,22,23). The monoisotopic (exact) mass is 351 g/mol. The number of ether oxygens (including phenoxy) is 1. The first kappa shape index (κ1) is 17.7. The van der Waals surface area contributed by atoms with Gasteiger partial charge in [-0.3, -0.25) is 4.90 Å². The number of hydrogen-bond donors (Lipinski definition) is 1. The lowest BCUT2D eigenvalue weighted by Gasteiger charge is -2.24. The first-order valence-electron chi connectivity index (χ1n) is 8.39. The summed E-state index contributed by atoms with van der Waals surface area (Å²) in [5.41, 5.74) is 3.04. The van der Waals surface area contributed by atoms with Crippen LogP contribution < -0.4 is 5.32 Å². The highest BCUT2D eigenvalue weighted by molar-refractivity contribution is 5.69. The molecule has 1 amide bonds. The molecule has 0 saturated carbocycles. The van der Waals surface area contributed by atoms with Gasteiger partial charge < -0.3 is 10.1 Å². The quantitative estimate of drug-likeness (QED) is 0.913. The van der Waals surface area contributed by atoms with Crippen molar-refractivity contribution in [3.05, 3.63) is 53.0 Å². The Balaban J connectivity index is 1.66. The number of nitrogens with zero attached hydrogens (tertiary/aromatic N) is 4. The zero-order valence-corrected chi connectivity index (χ0v) is 15.1. The number of nitriles is 1. The Morgan fingerprint density at radius 2 is 2.00 bits per heavy atom. The summed E-state index contributed by atoms with van der Waals surface area (Å²) in [5, 5.41) is 12.2. The second-order valence-corrected chi connectivity index (χ2v) is 7.16. The lowest BCUT2D eigenvalue weighted by Crippen LogP contribution is -2.33. The van der Waals surface area contributed by atoms with Gasteiger partial charge >= 0.3 is 6.09 Å². The number of fused-ring (bicyclic) bond motifs is 1. The van der Waals surface area contributed by atoms with Gasteiger partial charge in [-0.2, -0.15) is 5.26 Å². The molecule has 0 aliphatic carbocycles. The molecular weight excluding hydrogens is 330 g/mol. The molecule has 1 aromatic heterocycles. The fraction of sp³-hybridized carbons (Fsp3) is 0.368. The van der Waals surface area contributed by atoms with E-state index in [9.17, 15) is 4.79 Å². The summed E-state index contributed by atoms with van der Waals surface area (Å²) in [4.78, 5) is 22.1. The summed E-state index contributed by atoms with van der Waals surface area (Å²) in [7, 11) is 0. The number of hydrogen-bond acceptors (Lipinski definition) is 6. The van der Waals surface area contributed by atoms with Crippen molar-refractivity contribution < 1.29 is 9.53 Å². The smallest absolute Gasteiger partial charge is 0.410 e. The summed E-state index contributed by atoms with van der Waals surface area (Å²) >= 11 is 0. The molecule has 1 aliphatic rings. The van der Waals surface area contributed by atoms with E-state index in [0.717, 1.165) is 16.7 Å². The Bertz CT molecular complexity index is 867. The Labute approximate surface area is 152 Å². The van der Waals surface area contributed by atoms with Crippen molar-refractivity contribution in [3.63, 3.8) is 0 Å². The van der Waals surface area contributed by atoms with Gasteiger partial charge in [-0.15, -0.1) is 0 Å². The largest absolute Gasteiger partial charge is 0.444 e. The minimum absolute atomic E-state index is 0.268. The van der Waals surface area contributed by atoms with Gasteiger partial charge in [0, 0.05) is 32.0 Å². The highest BCUT2D eigenvalue weighted by Gasteiger charge is 2.27. The summed E-state index contributed by atoms with van der Waals surface area (Å²) < 4.78 is 5.44. The Hall–Kier alpha value is -3.14. The minimum Gasteiger partial charge on any atom is -0.444 e. The molecule has 2 heterocycles. The Kier molecular flexibility index (Phi) is 4.76. The first-order valence-corrected chi connectivity index (χ1v) is 8.39. The predicted molar refractivity (Wildman–Crippen MR) is 96.0 cm³/mol. The van der Waals surface area contributed by atoms with Gasteiger partial charge in [-0.05, 0) is 37.5 Å². The van der Waals surface area contributed by atoms with E-state index >= 15 is 0 Å². The van der Waals surface area contributed by atoms with Gasteiger partial charge in [-0.25, -0.2) is 14.8 Å². The highest BCUT2D eigenvalue weighted by atomic mass is 16.6. The molecule has 3 rings (SSSR count). The number of anilines is 1. The van der Waals surface area contributed by atoms with Gasteiger partial charge in [0.2, 0.25) is 0 Å². The van der Waals surface area contributed by atoms with E-state index in [1.165, 1.54) is 6.20 Å². The van der Waals surface area contributed by atoms with Crippen LogP contribution in [0.1, 0.15) is 43.2 Å². The van der Waals surface area contributed by atoms with Gasteiger partial charge in [0.15, 0.2) is 11.5 Å². The number of benzene rings is 1. The fourth-order valence-electron chi connectivity index (χ4n) is 2.75. The molecule has 26 heavy (non-hydrogen) atoms. The molecule has 7 nitrogen and oxygen atoms in total. The van der Waals surface area contributed by atoms with Crippen molar-refractivity contribution in [2.75, 3.05) is 5.32 Å². The van der Waals surface area contributed by atoms with Gasteiger partial charge in [0.1, 0.15) is 11.7 Å². The predicted octanol–water partition coefficient (Wildman–Crippen LogP) is 3.21. The molecule has 0 bridgehead atoms. The van der Waals surface area contributed by atoms with Crippen LogP contribution in [0.25, 0.3) is 0 Å². The van der Waals surface area contributed by atoms with E-state index in [0.29, 0.717) is 25.5 Å². The van der Waals surface area contributed by atoms with Crippen LogP contribution in [0.5, 0.6) is 0 Å². The molecule has 0 radical (unpaired) electrons. The molecule has 1 aliphatic heterocycles. The summed E-state index contributed by atoms with van der Waals surface area (Å²) in [6, 6.07) is 8.11. The van der Waals surface area contributed by atoms with Crippen LogP contribution >= 0.6 is 0 Å². The molecule has 7 heteroatoms. The molecule has 2 aromatic rings. The van der Waals surface area contributed by atoms with Crippen LogP contribution in [-0.4, -0.2) is 26.6 Å². The lowest BCUT2D eigenvalue weighted by atomic mass is 10.1. The molecule has 1 N–H and O–H groups in total. The zero-order chi connectivity index (χ0) is 18.7. The second-order valence-electron chi connectivity index (χ2n) is 7.16. The Morgan fingerprint density at radius 1 is 1.27 bits per heavy atom. The van der Waals surface area contributed by atoms with E-state index in [1.54, 1.807) is 11.1 Å². The minimum atomic E-state index is -0.504. The second kappa shape index (κ2) is 7.00. The summed E-state index contributed by atoms with van der Waals surface area (Å²) in [5.74, 6) is 0.464. The number of carbonyl (C=O) groups excluding carboxylic acids is 1. The van der Waals surface area contributed by atoms with E-state index in [1.807, 2.05) is 39.0 Å². The summed E-state index contributed by atoms with van der Waals surface area (Å²) in [6.45, 7) is 7.19. The number of aromatic nitrogens is 2. The fourth-order valence-corrected chi connectivity index (χ4v) is 2.75. The lowest BCUT2D eigenvalue weighted by molar-refractivity contribution is 0.0242. The van der Waals surface area contributed by atoms with Crippen LogP contribution in [0.3, 0.4) is 0 Å². The maximum absolute atomic E-state index is 12.2. The molecule has 1 aromatic carbocycles. The van der Waals surface area contributed by atoms with Crippen molar-refractivity contribution >= 4 is 11.9 Å². The normalized spacial score (nSPS) is 13.1. The first-order chi connectivity index (χ1) is 12.4. The molecule has 0 fully saturated rings. The number of nitrogens with one attached hydrogen (secondary N) is 1. The molecule has 0 spiro atoms. The van der Waals surface area contributed by atoms with Crippen molar-refractivity contribution in [2.24, 2.45) is 0 Å². The maximum atomic E-state index is 12.2. The van der Waals surface area contributed by atoms with Crippen LogP contribution in [0.15, 0.2) is 30.6 Å². The average molecular weight is 351 g/mol. The van der Waals surface area contributed by atoms with E-state index in [4.69, 9.17) is 10.00 Å². The molecule has 134 valence electrons. The van der Waals surface area contributed by atoms with E-state index in [-0.39, 0.29) is 11.8 Å². The molecule has 0 atom stereocenters. The highest BCUT2D eigenvalue weighted by Crippen LogP contribution is 2.26. The van der Waals surface area contributed by atoms with Gasteiger partial charge in [0.05, 0.1) is 0 Å². The molecule has 0 saturated heterocycles. The average Bonchev–Trinajstić information content (AvgIpc) is 3.02. The van der Waals surface area contributed by atoms with Crippen molar-refractivity contribution in [1.29, 1.82) is 5.26 Å². The maximum Gasteiger partial charge on any atom is 0.410 e. The number of rotatable bonds is 3. The van der Waals surface area contributed by atoms with Crippen molar-refractivity contribution in [3.8, 4) is 6.07 Å². The molecule has 0 unspecified atom stereocenters. The zero-order valence-electron chi connectivity index (χ0n) is 15.1. The van der Waals surface area contributed by atoms with Crippen molar-refractivity contribution in [1.82, 2.24) is 14.9 Å². The third kappa shape index (κ3) is 4.09. The van der Waals surface area contributed by atoms with Crippen LogP contribution in [-0.2, 0) is 24.4 Å². The van der Waals surface area contributed by atoms with Gasteiger partial charge in [0.25, 0.3) is 0 Å². The van der Waals surface area contributed by atoms with E-state index < -0.39 is 5.60 Å². The van der Waals surface area contributed by atoms with Crippen LogP contribution in [0.4, 0.5) is 10.6 Å². The molecular formula is C19H21N5O2.